The van der Waals surface area contributed by atoms with Crippen molar-refractivity contribution in [2.45, 2.75) is 50.5 Å². The van der Waals surface area contributed by atoms with Gasteiger partial charge < -0.3 is 21.3 Å². The lowest BCUT2D eigenvalue weighted by Crippen LogP contribution is -2.35. The number of carbonyl (C=O) groups excluding carboxylic acids is 1. The molecule has 1 aromatic carbocycles. The molecular weight excluding hydrogens is 374 g/mol. The zero-order valence-corrected chi connectivity index (χ0v) is 18.1. The van der Waals surface area contributed by atoms with Crippen molar-refractivity contribution in [3.8, 4) is 6.07 Å². The summed E-state index contributed by atoms with van der Waals surface area (Å²) in [6.45, 7) is 1.78. The number of nitriles is 1. The van der Waals surface area contributed by atoms with E-state index in [2.05, 4.69) is 45.5 Å². The summed E-state index contributed by atoms with van der Waals surface area (Å²) < 4.78 is 0. The Balaban J connectivity index is 1.88. The minimum Gasteiger partial charge on any atom is -0.379 e. The minimum atomic E-state index is -0.392. The maximum atomic E-state index is 12.8. The average Bonchev–Trinajstić information content (AvgIpc) is 3.09. The van der Waals surface area contributed by atoms with E-state index in [1.807, 2.05) is 20.2 Å². The molecule has 1 aromatic rings. The molecule has 0 bridgehead atoms. The molecule has 30 heavy (non-hydrogen) atoms. The SMILES string of the molecule is CNCC(CNC)c1ccc(NC(=O)C2CC(C#N)=CN2)c(C2=CCCCCC2)c1. The second-order valence-electron chi connectivity index (χ2n) is 8.14. The van der Waals surface area contributed by atoms with Crippen molar-refractivity contribution in [2.75, 3.05) is 32.5 Å². The van der Waals surface area contributed by atoms with Crippen LogP contribution in [0.3, 0.4) is 0 Å². The van der Waals surface area contributed by atoms with Crippen LogP contribution in [0.5, 0.6) is 0 Å². The van der Waals surface area contributed by atoms with Crippen LogP contribution in [0.2, 0.25) is 0 Å². The Hall–Kier alpha value is -2.62. The lowest BCUT2D eigenvalue weighted by atomic mass is 9.91. The molecule has 1 amide bonds. The van der Waals surface area contributed by atoms with Crippen LogP contribution in [0, 0.1) is 11.3 Å². The Bertz CT molecular complexity index is 846. The molecule has 0 saturated carbocycles. The first-order valence-corrected chi connectivity index (χ1v) is 10.9. The summed E-state index contributed by atoms with van der Waals surface area (Å²) in [6, 6.07) is 8.15. The monoisotopic (exact) mass is 407 g/mol. The molecule has 0 fully saturated rings. The minimum absolute atomic E-state index is 0.0956. The Morgan fingerprint density at radius 1 is 1.23 bits per heavy atom. The number of allylic oxidation sites excluding steroid dienone is 2. The van der Waals surface area contributed by atoms with Gasteiger partial charge in [-0.1, -0.05) is 18.6 Å². The number of nitrogens with one attached hydrogen (secondary N) is 4. The van der Waals surface area contributed by atoms with E-state index in [4.69, 9.17) is 5.26 Å². The van der Waals surface area contributed by atoms with E-state index in [9.17, 15) is 4.79 Å². The molecule has 6 nitrogen and oxygen atoms in total. The van der Waals surface area contributed by atoms with Crippen molar-refractivity contribution in [3.63, 3.8) is 0 Å². The molecular formula is C24H33N5O. The van der Waals surface area contributed by atoms with Crippen molar-refractivity contribution in [1.82, 2.24) is 16.0 Å². The molecule has 0 aromatic heterocycles. The van der Waals surface area contributed by atoms with Crippen LogP contribution in [0.4, 0.5) is 5.69 Å². The number of nitrogens with zero attached hydrogens (tertiary/aromatic N) is 1. The average molecular weight is 408 g/mol. The number of carbonyl (C=O) groups is 1. The van der Waals surface area contributed by atoms with E-state index in [1.165, 1.54) is 30.4 Å². The predicted molar refractivity (Wildman–Crippen MR) is 122 cm³/mol. The van der Waals surface area contributed by atoms with Gasteiger partial charge in [-0.2, -0.15) is 5.26 Å². The summed E-state index contributed by atoms with van der Waals surface area (Å²) in [5, 5.41) is 21.8. The van der Waals surface area contributed by atoms with Gasteiger partial charge >= 0.3 is 0 Å². The number of likely N-dealkylation sites (N-methyl/N-ethyl adjacent to an activating group) is 2. The fourth-order valence-corrected chi connectivity index (χ4v) is 4.26. The molecule has 1 aliphatic heterocycles. The van der Waals surface area contributed by atoms with Gasteiger partial charge in [0.25, 0.3) is 0 Å². The van der Waals surface area contributed by atoms with Gasteiger partial charge in [0.1, 0.15) is 6.04 Å². The molecule has 1 atom stereocenters. The molecule has 2 aliphatic rings. The molecule has 0 spiro atoms. The van der Waals surface area contributed by atoms with Gasteiger partial charge in [-0.05, 0) is 63.0 Å². The Morgan fingerprint density at radius 2 is 2.03 bits per heavy atom. The summed E-state index contributed by atoms with van der Waals surface area (Å²) in [5.41, 5.74) is 5.19. The highest BCUT2D eigenvalue weighted by atomic mass is 16.2. The summed E-state index contributed by atoms with van der Waals surface area (Å²) in [6.07, 6.45) is 10.2. The molecule has 4 N–H and O–H groups in total. The second-order valence-corrected chi connectivity index (χ2v) is 8.14. The van der Waals surface area contributed by atoms with E-state index in [1.54, 1.807) is 6.20 Å². The molecule has 0 radical (unpaired) electrons. The first-order valence-electron chi connectivity index (χ1n) is 10.9. The van der Waals surface area contributed by atoms with Crippen molar-refractivity contribution < 1.29 is 4.79 Å². The molecule has 6 heteroatoms. The van der Waals surface area contributed by atoms with Gasteiger partial charge in [-0.3, -0.25) is 4.79 Å². The van der Waals surface area contributed by atoms with Crippen LogP contribution in [0.15, 0.2) is 36.0 Å². The van der Waals surface area contributed by atoms with E-state index in [0.717, 1.165) is 37.2 Å². The zero-order valence-electron chi connectivity index (χ0n) is 18.1. The first kappa shape index (κ1) is 22.1. The molecule has 3 rings (SSSR count). The Morgan fingerprint density at radius 3 is 2.73 bits per heavy atom. The summed E-state index contributed by atoms with van der Waals surface area (Å²) in [4.78, 5) is 12.8. The Kier molecular flexibility index (Phi) is 8.06. The zero-order chi connectivity index (χ0) is 21.3. The highest BCUT2D eigenvalue weighted by Gasteiger charge is 2.25. The van der Waals surface area contributed by atoms with Gasteiger partial charge in [0.05, 0.1) is 6.07 Å². The Labute approximate surface area is 179 Å². The largest absolute Gasteiger partial charge is 0.379 e. The van der Waals surface area contributed by atoms with Crippen LogP contribution in [0.25, 0.3) is 5.57 Å². The standard InChI is InChI=1S/C24H33N5O/c1-26-15-20(16-27-2)19-9-10-22(21(12-19)18-7-5-3-4-6-8-18)29-24(30)23-11-17(13-25)14-28-23/h7,9-10,12,14,20,23,26-28H,3-6,8,11,15-16H2,1-2H3,(H,29,30). The third-order valence-electron chi connectivity index (χ3n) is 5.90. The lowest BCUT2D eigenvalue weighted by molar-refractivity contribution is -0.117. The highest BCUT2D eigenvalue weighted by Crippen LogP contribution is 2.33. The normalized spacial score (nSPS) is 18.8. The van der Waals surface area contributed by atoms with E-state index in [-0.39, 0.29) is 5.91 Å². The van der Waals surface area contributed by atoms with Crippen molar-refractivity contribution in [2.24, 2.45) is 0 Å². The maximum Gasteiger partial charge on any atom is 0.247 e. The first-order chi connectivity index (χ1) is 14.7. The summed E-state index contributed by atoms with van der Waals surface area (Å²) >= 11 is 0. The van der Waals surface area contributed by atoms with Gasteiger partial charge in [0.15, 0.2) is 0 Å². The van der Waals surface area contributed by atoms with E-state index in [0.29, 0.717) is 17.9 Å². The smallest absolute Gasteiger partial charge is 0.247 e. The predicted octanol–water partition coefficient (Wildman–Crippen LogP) is 3.26. The fraction of sp³-hybridized carbons (Fsp3) is 0.500. The highest BCUT2D eigenvalue weighted by molar-refractivity contribution is 5.98. The van der Waals surface area contributed by atoms with Crippen LogP contribution < -0.4 is 21.3 Å². The van der Waals surface area contributed by atoms with Crippen molar-refractivity contribution in [1.29, 1.82) is 5.26 Å². The van der Waals surface area contributed by atoms with E-state index < -0.39 is 6.04 Å². The van der Waals surface area contributed by atoms with Crippen LogP contribution in [-0.2, 0) is 4.79 Å². The van der Waals surface area contributed by atoms with Gasteiger partial charge in [0.2, 0.25) is 5.91 Å². The van der Waals surface area contributed by atoms with Gasteiger partial charge in [-0.25, -0.2) is 0 Å². The number of amides is 1. The van der Waals surface area contributed by atoms with E-state index >= 15 is 0 Å². The number of hydrogen-bond acceptors (Lipinski definition) is 5. The number of hydrogen-bond donors (Lipinski definition) is 4. The molecule has 0 saturated heterocycles. The second kappa shape index (κ2) is 11.0. The topological polar surface area (TPSA) is 89.0 Å². The van der Waals surface area contributed by atoms with Crippen molar-refractivity contribution in [3.05, 3.63) is 47.2 Å². The quantitative estimate of drug-likeness (QED) is 0.531. The third kappa shape index (κ3) is 5.50. The van der Waals surface area contributed by atoms with Crippen LogP contribution in [-0.4, -0.2) is 39.1 Å². The fourth-order valence-electron chi connectivity index (χ4n) is 4.26. The number of anilines is 1. The number of rotatable bonds is 8. The molecule has 1 heterocycles. The lowest BCUT2D eigenvalue weighted by Gasteiger charge is -2.21. The number of benzene rings is 1. The van der Waals surface area contributed by atoms with Gasteiger partial charge in [-0.15, -0.1) is 0 Å². The van der Waals surface area contributed by atoms with Crippen LogP contribution in [0.1, 0.15) is 55.6 Å². The van der Waals surface area contributed by atoms with Crippen molar-refractivity contribution >= 4 is 17.2 Å². The molecule has 1 aliphatic carbocycles. The summed E-state index contributed by atoms with van der Waals surface area (Å²) in [7, 11) is 3.95. The third-order valence-corrected chi connectivity index (χ3v) is 5.90. The van der Waals surface area contributed by atoms with Crippen LogP contribution >= 0.6 is 0 Å². The summed E-state index contributed by atoms with van der Waals surface area (Å²) in [5.74, 6) is 0.260. The molecule has 160 valence electrons. The maximum absolute atomic E-state index is 12.8. The van der Waals surface area contributed by atoms with Gasteiger partial charge in [0, 0.05) is 48.5 Å². The molecule has 1 unspecified atom stereocenters.